The summed E-state index contributed by atoms with van der Waals surface area (Å²) in [7, 11) is -1.74. The molecule has 0 N–H and O–H groups in total. The highest BCUT2D eigenvalue weighted by Gasteiger charge is 2.52. The summed E-state index contributed by atoms with van der Waals surface area (Å²) in [5.74, 6) is 0.540. The molecule has 1 aliphatic carbocycles. The summed E-state index contributed by atoms with van der Waals surface area (Å²) >= 11 is 0. The van der Waals surface area contributed by atoms with E-state index in [0.29, 0.717) is 5.92 Å². The van der Waals surface area contributed by atoms with E-state index in [2.05, 4.69) is 41.5 Å². The third kappa shape index (κ3) is 3.37. The summed E-state index contributed by atoms with van der Waals surface area (Å²) < 4.78 is 6.07. The Kier molecular flexibility index (Phi) is 5.21. The maximum atomic E-state index is 6.07. The molecule has 0 aromatic heterocycles. The molecule has 0 radical (unpaired) electrons. The lowest BCUT2D eigenvalue weighted by Crippen LogP contribution is -2.57. The van der Waals surface area contributed by atoms with Crippen molar-refractivity contribution in [2.75, 3.05) is 0 Å². The van der Waals surface area contributed by atoms with Gasteiger partial charge in [0.1, 0.15) is 17.3 Å². The zero-order valence-corrected chi connectivity index (χ0v) is 15.5. The first-order valence-corrected chi connectivity index (χ1v) is 11.0. The minimum atomic E-state index is -1.74. The molecule has 4 nitrogen and oxygen atoms in total. The van der Waals surface area contributed by atoms with Gasteiger partial charge in [0.15, 0.2) is 0 Å². The van der Waals surface area contributed by atoms with Crippen LogP contribution in [0, 0.1) is 5.92 Å². The standard InChI is InChI=1S/C16H32O4Si/c1-7-21(8-2,9-3)20-19-16(6)11-10-13-12-14(16)17-18-15(13,4)5/h13-14H,7-12H2,1-6H3/t13-,14-,16-/m0/s1. The fourth-order valence-corrected chi connectivity index (χ4v) is 5.70. The molecule has 5 heteroatoms. The van der Waals surface area contributed by atoms with Crippen molar-refractivity contribution in [2.45, 2.75) is 96.2 Å². The third-order valence-electron chi connectivity index (χ3n) is 5.87. The molecule has 2 aliphatic rings. The van der Waals surface area contributed by atoms with Crippen molar-refractivity contribution in [1.29, 1.82) is 0 Å². The van der Waals surface area contributed by atoms with E-state index in [1.54, 1.807) is 0 Å². The Morgan fingerprint density at radius 2 is 1.71 bits per heavy atom. The van der Waals surface area contributed by atoms with Crippen LogP contribution in [0.5, 0.6) is 0 Å². The average Bonchev–Trinajstić information content (AvgIpc) is 2.48. The maximum Gasteiger partial charge on any atom is 0.238 e. The molecule has 1 aliphatic heterocycles. The van der Waals surface area contributed by atoms with Crippen LogP contribution in [0.25, 0.3) is 0 Å². The minimum absolute atomic E-state index is 0.0263. The van der Waals surface area contributed by atoms with Gasteiger partial charge >= 0.3 is 0 Å². The molecule has 0 aromatic carbocycles. The first kappa shape index (κ1) is 17.4. The van der Waals surface area contributed by atoms with E-state index in [9.17, 15) is 0 Å². The van der Waals surface area contributed by atoms with E-state index >= 15 is 0 Å². The van der Waals surface area contributed by atoms with Crippen LogP contribution in [0.4, 0.5) is 0 Å². The first-order chi connectivity index (χ1) is 9.81. The van der Waals surface area contributed by atoms with E-state index in [4.69, 9.17) is 19.2 Å². The molecular weight excluding hydrogens is 284 g/mol. The van der Waals surface area contributed by atoms with Crippen molar-refractivity contribution >= 4 is 8.32 Å². The topological polar surface area (TPSA) is 36.9 Å². The predicted molar refractivity (Wildman–Crippen MR) is 85.2 cm³/mol. The Morgan fingerprint density at radius 3 is 2.29 bits per heavy atom. The monoisotopic (exact) mass is 316 g/mol. The van der Waals surface area contributed by atoms with Crippen molar-refractivity contribution < 1.29 is 19.2 Å². The van der Waals surface area contributed by atoms with Crippen LogP contribution >= 0.6 is 0 Å². The second-order valence-corrected chi connectivity index (χ2v) is 12.1. The molecule has 0 unspecified atom stereocenters. The summed E-state index contributed by atoms with van der Waals surface area (Å²) in [6, 6.07) is 3.27. The molecule has 0 aromatic rings. The highest BCUT2D eigenvalue weighted by molar-refractivity contribution is 6.73. The molecule has 21 heavy (non-hydrogen) atoms. The lowest BCUT2D eigenvalue weighted by molar-refractivity contribution is -0.465. The molecule has 2 bridgehead atoms. The second-order valence-electron chi connectivity index (χ2n) is 7.47. The van der Waals surface area contributed by atoms with E-state index in [0.717, 1.165) is 37.4 Å². The molecule has 1 saturated carbocycles. The van der Waals surface area contributed by atoms with E-state index < -0.39 is 8.32 Å². The van der Waals surface area contributed by atoms with Gasteiger partial charge in [-0.2, -0.15) is 0 Å². The highest BCUT2D eigenvalue weighted by Crippen LogP contribution is 2.46. The summed E-state index contributed by atoms with van der Waals surface area (Å²) in [5.41, 5.74) is -0.571. The molecule has 124 valence electrons. The van der Waals surface area contributed by atoms with Gasteiger partial charge in [-0.3, -0.25) is 4.58 Å². The molecule has 3 atom stereocenters. The Labute approximate surface area is 130 Å². The van der Waals surface area contributed by atoms with Gasteiger partial charge in [0.2, 0.25) is 8.32 Å². The third-order valence-corrected chi connectivity index (χ3v) is 10.2. The summed E-state index contributed by atoms with van der Waals surface area (Å²) in [5, 5.41) is 0. The Balaban J connectivity index is 2.01. The number of fused-ring (bicyclic) bond motifs is 2. The highest BCUT2D eigenvalue weighted by atomic mass is 28.4. The molecule has 0 amide bonds. The predicted octanol–water partition coefficient (Wildman–Crippen LogP) is 4.61. The molecule has 1 saturated heterocycles. The van der Waals surface area contributed by atoms with E-state index in [-0.39, 0.29) is 17.3 Å². The van der Waals surface area contributed by atoms with Crippen LogP contribution < -0.4 is 0 Å². The van der Waals surface area contributed by atoms with Crippen molar-refractivity contribution in [3.8, 4) is 0 Å². The summed E-state index contributed by atoms with van der Waals surface area (Å²) in [6.45, 7) is 13.0. The van der Waals surface area contributed by atoms with Crippen molar-refractivity contribution in [3.63, 3.8) is 0 Å². The van der Waals surface area contributed by atoms with Crippen LogP contribution in [0.3, 0.4) is 0 Å². The molecular formula is C16H32O4Si. The van der Waals surface area contributed by atoms with Gasteiger partial charge in [0.25, 0.3) is 0 Å². The molecule has 2 fully saturated rings. The SMILES string of the molecule is CC[Si](CC)(CC)OO[C@@]1(C)CC[C@H]2C[C@@H]1OOC2(C)C. The van der Waals surface area contributed by atoms with Crippen molar-refractivity contribution in [2.24, 2.45) is 5.92 Å². The van der Waals surface area contributed by atoms with Crippen LogP contribution in [0.1, 0.15) is 60.8 Å². The normalized spacial score (nSPS) is 35.7. The fourth-order valence-electron chi connectivity index (χ4n) is 3.48. The summed E-state index contributed by atoms with van der Waals surface area (Å²) in [6.07, 6.45) is 3.04. The van der Waals surface area contributed by atoms with Gasteiger partial charge in [0.05, 0.1) is 0 Å². The zero-order valence-electron chi connectivity index (χ0n) is 14.5. The molecule has 1 heterocycles. The lowest BCUT2D eigenvalue weighted by Gasteiger charge is -2.51. The van der Waals surface area contributed by atoms with Crippen molar-refractivity contribution in [1.82, 2.24) is 0 Å². The first-order valence-electron chi connectivity index (χ1n) is 8.52. The Hall–Kier alpha value is 0.0569. The van der Waals surface area contributed by atoms with Crippen molar-refractivity contribution in [3.05, 3.63) is 0 Å². The second kappa shape index (κ2) is 6.28. The number of hydrogen-bond acceptors (Lipinski definition) is 4. The van der Waals surface area contributed by atoms with Crippen LogP contribution in [-0.2, 0) is 19.2 Å². The maximum absolute atomic E-state index is 6.07. The van der Waals surface area contributed by atoms with E-state index in [1.807, 2.05) is 0 Å². The Morgan fingerprint density at radius 1 is 1.10 bits per heavy atom. The quantitative estimate of drug-likeness (QED) is 0.407. The van der Waals surface area contributed by atoms with Crippen LogP contribution in [0.15, 0.2) is 0 Å². The van der Waals surface area contributed by atoms with Gasteiger partial charge in [-0.15, -0.1) is 0 Å². The number of rotatable bonds is 6. The minimum Gasteiger partial charge on any atom is -0.286 e. The lowest BCUT2D eigenvalue weighted by atomic mass is 9.71. The smallest absolute Gasteiger partial charge is 0.238 e. The largest absolute Gasteiger partial charge is 0.286 e. The summed E-state index contributed by atoms with van der Waals surface area (Å²) in [4.78, 5) is 17.3. The van der Waals surface area contributed by atoms with Gasteiger partial charge in [-0.25, -0.2) is 14.7 Å². The van der Waals surface area contributed by atoms with E-state index in [1.165, 1.54) is 0 Å². The zero-order chi connectivity index (χ0) is 15.7. The van der Waals surface area contributed by atoms with Gasteiger partial charge in [-0.05, 0) is 64.1 Å². The average molecular weight is 317 g/mol. The van der Waals surface area contributed by atoms with Crippen LogP contribution in [0.2, 0.25) is 18.1 Å². The van der Waals surface area contributed by atoms with Gasteiger partial charge in [-0.1, -0.05) is 20.8 Å². The molecule has 0 spiro atoms. The molecule has 2 rings (SSSR count). The number of hydrogen-bond donors (Lipinski definition) is 0. The van der Waals surface area contributed by atoms with Gasteiger partial charge in [0, 0.05) is 0 Å². The Bertz CT molecular complexity index is 348. The van der Waals surface area contributed by atoms with Crippen LogP contribution in [-0.4, -0.2) is 25.6 Å². The van der Waals surface area contributed by atoms with Gasteiger partial charge < -0.3 is 0 Å². The fraction of sp³-hybridized carbons (Fsp3) is 1.00.